The van der Waals surface area contributed by atoms with Crippen molar-refractivity contribution in [3.05, 3.63) is 35.4 Å². The summed E-state index contributed by atoms with van der Waals surface area (Å²) in [6, 6.07) is 9.20. The molecule has 2 fully saturated rings. The van der Waals surface area contributed by atoms with E-state index >= 15 is 0 Å². The molecule has 0 N–H and O–H groups in total. The summed E-state index contributed by atoms with van der Waals surface area (Å²) in [6.07, 6.45) is 8.62. The molecule has 2 heteroatoms. The predicted octanol–water partition coefficient (Wildman–Crippen LogP) is 5.16. The number of hydrogen-bond acceptors (Lipinski definition) is 0. The van der Waals surface area contributed by atoms with Gasteiger partial charge in [-0.1, -0.05) is 24.3 Å². The van der Waals surface area contributed by atoms with Crippen molar-refractivity contribution < 1.29 is 0 Å². The predicted molar refractivity (Wildman–Crippen MR) is 80.8 cm³/mol. The Kier molecular flexibility index (Phi) is 2.74. The Morgan fingerprint density at radius 1 is 0.895 bits per heavy atom. The normalized spacial score (nSPS) is 39.3. The Morgan fingerprint density at radius 2 is 1.58 bits per heavy atom. The number of hydrogen-bond donors (Lipinski definition) is 0. The van der Waals surface area contributed by atoms with E-state index in [0.29, 0.717) is 5.92 Å². The van der Waals surface area contributed by atoms with Crippen LogP contribution in [0.4, 0.5) is 0 Å². The van der Waals surface area contributed by atoms with E-state index < -0.39 is 4.33 Å². The lowest BCUT2D eigenvalue weighted by atomic mass is 9.76. The van der Waals surface area contributed by atoms with Gasteiger partial charge in [-0.2, -0.15) is 0 Å². The quantitative estimate of drug-likeness (QED) is 0.580. The van der Waals surface area contributed by atoms with E-state index in [1.54, 1.807) is 0 Å². The lowest BCUT2D eigenvalue weighted by Crippen LogP contribution is -2.19. The zero-order valence-electron chi connectivity index (χ0n) is 11.2. The molecule has 3 atom stereocenters. The van der Waals surface area contributed by atoms with Gasteiger partial charge in [0, 0.05) is 11.3 Å². The van der Waals surface area contributed by atoms with E-state index in [0.717, 1.165) is 18.8 Å². The molecule has 0 saturated heterocycles. The number of alkyl halides is 2. The average molecular weight is 295 g/mol. The highest BCUT2D eigenvalue weighted by molar-refractivity contribution is 6.51. The molecule has 0 aliphatic heterocycles. The van der Waals surface area contributed by atoms with Gasteiger partial charge >= 0.3 is 0 Å². The standard InChI is InChI=1S/C17H20Cl2/c18-17(19)15-11-14-6-5-12-1-3-13(4-2-12)7-9-16(15,17)10-8-14/h1-4,14-15H,5-11H2/t14?,15-,16+/m0/s1. The Balaban J connectivity index is 1.67. The van der Waals surface area contributed by atoms with Crippen LogP contribution in [0, 0.1) is 17.3 Å². The third kappa shape index (κ3) is 1.79. The summed E-state index contributed by atoms with van der Waals surface area (Å²) in [5.74, 6) is 1.38. The van der Waals surface area contributed by atoms with Crippen molar-refractivity contribution in [2.75, 3.05) is 0 Å². The largest absolute Gasteiger partial charge is 0.127 e. The first-order chi connectivity index (χ1) is 9.12. The minimum atomic E-state index is -0.436. The Morgan fingerprint density at radius 3 is 2.26 bits per heavy atom. The molecule has 7 rings (SSSR count). The molecule has 2 saturated carbocycles. The van der Waals surface area contributed by atoms with Crippen molar-refractivity contribution in [2.24, 2.45) is 17.3 Å². The number of benzene rings is 1. The fourth-order valence-corrected chi connectivity index (χ4v) is 5.69. The van der Waals surface area contributed by atoms with Crippen LogP contribution in [0.2, 0.25) is 0 Å². The minimum Gasteiger partial charge on any atom is -0.101 e. The fraction of sp³-hybridized carbons (Fsp3) is 0.647. The first-order valence-corrected chi connectivity index (χ1v) is 8.33. The van der Waals surface area contributed by atoms with Crippen molar-refractivity contribution in [2.45, 2.75) is 49.3 Å². The number of aryl methyl sites for hydroxylation is 2. The van der Waals surface area contributed by atoms with Crippen molar-refractivity contribution in [1.29, 1.82) is 0 Å². The molecule has 4 bridgehead atoms. The van der Waals surface area contributed by atoms with E-state index in [1.807, 2.05) is 0 Å². The van der Waals surface area contributed by atoms with Crippen molar-refractivity contribution in [3.63, 3.8) is 0 Å². The van der Waals surface area contributed by atoms with Gasteiger partial charge in [-0.25, -0.2) is 0 Å². The van der Waals surface area contributed by atoms with Gasteiger partial charge in [0.05, 0.1) is 0 Å². The summed E-state index contributed by atoms with van der Waals surface area (Å²) in [5, 5.41) is 0. The molecule has 6 aliphatic rings. The Labute approximate surface area is 125 Å². The molecular weight excluding hydrogens is 275 g/mol. The van der Waals surface area contributed by atoms with E-state index in [1.165, 1.54) is 43.2 Å². The molecule has 102 valence electrons. The highest BCUT2D eigenvalue weighted by atomic mass is 35.5. The van der Waals surface area contributed by atoms with Crippen LogP contribution in [0.1, 0.15) is 43.2 Å². The van der Waals surface area contributed by atoms with Gasteiger partial charge in [-0.05, 0) is 62.0 Å². The van der Waals surface area contributed by atoms with Crippen molar-refractivity contribution in [1.82, 2.24) is 0 Å². The molecule has 0 amide bonds. The SMILES string of the molecule is ClC1(Cl)[C@H]2CC3CCc4ccc(cc4)CC[C@@]21CC3. The molecule has 19 heavy (non-hydrogen) atoms. The van der Waals surface area contributed by atoms with E-state index in [9.17, 15) is 0 Å². The molecule has 1 aromatic carbocycles. The van der Waals surface area contributed by atoms with Crippen molar-refractivity contribution in [3.8, 4) is 0 Å². The Hall–Kier alpha value is -0.200. The minimum absolute atomic E-state index is 0.227. The van der Waals surface area contributed by atoms with Crippen LogP contribution in [0.25, 0.3) is 0 Å². The molecule has 1 unspecified atom stereocenters. The molecular formula is C17H20Cl2. The molecule has 1 aromatic rings. The molecule has 0 heterocycles. The number of rotatable bonds is 0. The zero-order valence-corrected chi connectivity index (χ0v) is 12.7. The number of halogens is 2. The van der Waals surface area contributed by atoms with E-state index in [2.05, 4.69) is 24.3 Å². The van der Waals surface area contributed by atoms with Crippen LogP contribution < -0.4 is 0 Å². The van der Waals surface area contributed by atoms with Crippen LogP contribution in [-0.2, 0) is 12.8 Å². The second-order valence-electron chi connectivity index (χ2n) is 6.83. The lowest BCUT2D eigenvalue weighted by molar-refractivity contribution is 0.240. The molecule has 0 aromatic heterocycles. The monoisotopic (exact) mass is 294 g/mol. The molecule has 6 aliphatic carbocycles. The van der Waals surface area contributed by atoms with Gasteiger partial charge < -0.3 is 0 Å². The maximum absolute atomic E-state index is 6.65. The smallest absolute Gasteiger partial charge is 0.101 e. The zero-order chi connectivity index (χ0) is 13.1. The van der Waals surface area contributed by atoms with E-state index in [-0.39, 0.29) is 5.41 Å². The van der Waals surface area contributed by atoms with Gasteiger partial charge in [0.2, 0.25) is 0 Å². The van der Waals surface area contributed by atoms with Gasteiger partial charge in [0.25, 0.3) is 0 Å². The van der Waals surface area contributed by atoms with Crippen molar-refractivity contribution >= 4 is 23.2 Å². The van der Waals surface area contributed by atoms with E-state index in [4.69, 9.17) is 23.2 Å². The average Bonchev–Trinajstić information content (AvgIpc) is 2.89. The van der Waals surface area contributed by atoms with Crippen LogP contribution in [0.3, 0.4) is 0 Å². The van der Waals surface area contributed by atoms with Crippen LogP contribution in [0.15, 0.2) is 24.3 Å². The van der Waals surface area contributed by atoms with Crippen LogP contribution >= 0.6 is 23.2 Å². The van der Waals surface area contributed by atoms with Gasteiger partial charge in [0.15, 0.2) is 0 Å². The summed E-state index contributed by atoms with van der Waals surface area (Å²) in [4.78, 5) is 0. The first kappa shape index (κ1) is 12.5. The van der Waals surface area contributed by atoms with Crippen LogP contribution in [0.5, 0.6) is 0 Å². The molecule has 0 radical (unpaired) electrons. The molecule has 0 nitrogen and oxygen atoms in total. The summed E-state index contributed by atoms with van der Waals surface area (Å²) >= 11 is 13.3. The third-order valence-electron chi connectivity index (χ3n) is 5.98. The maximum Gasteiger partial charge on any atom is 0.127 e. The summed E-state index contributed by atoms with van der Waals surface area (Å²) in [7, 11) is 0. The topological polar surface area (TPSA) is 0 Å². The lowest BCUT2D eigenvalue weighted by Gasteiger charge is -2.28. The second kappa shape index (κ2) is 4.15. The van der Waals surface area contributed by atoms with Gasteiger partial charge in [-0.3, -0.25) is 0 Å². The summed E-state index contributed by atoms with van der Waals surface area (Å²) in [6.45, 7) is 0. The maximum atomic E-state index is 6.65. The highest BCUT2D eigenvalue weighted by Gasteiger charge is 2.75. The highest BCUT2D eigenvalue weighted by Crippen LogP contribution is 2.77. The summed E-state index contributed by atoms with van der Waals surface area (Å²) in [5.41, 5.74) is 3.15. The first-order valence-electron chi connectivity index (χ1n) is 7.57. The molecule has 1 spiro atoms. The fourth-order valence-electron chi connectivity index (χ4n) is 4.56. The van der Waals surface area contributed by atoms with Gasteiger partial charge in [0.1, 0.15) is 4.33 Å². The Bertz CT molecular complexity index is 490. The van der Waals surface area contributed by atoms with Gasteiger partial charge in [-0.15, -0.1) is 23.2 Å². The summed E-state index contributed by atoms with van der Waals surface area (Å²) < 4.78 is -0.436. The second-order valence-corrected chi connectivity index (χ2v) is 8.21. The van der Waals surface area contributed by atoms with Crippen LogP contribution in [-0.4, -0.2) is 4.33 Å². The third-order valence-corrected chi connectivity index (χ3v) is 7.26.